The summed E-state index contributed by atoms with van der Waals surface area (Å²) in [7, 11) is 0. The fourth-order valence-corrected chi connectivity index (χ4v) is 2.33. The molecule has 0 bridgehead atoms. The van der Waals surface area contributed by atoms with Crippen LogP contribution in [0.3, 0.4) is 0 Å². The molecule has 0 spiro atoms. The molecule has 0 aromatic heterocycles. The maximum absolute atomic E-state index is 10.2. The van der Waals surface area contributed by atoms with E-state index in [-0.39, 0.29) is 56.1 Å². The van der Waals surface area contributed by atoms with E-state index in [4.69, 9.17) is 0 Å². The molecule has 2 N–H and O–H groups in total. The minimum atomic E-state index is 0. The molecule has 0 saturated heterocycles. The van der Waals surface area contributed by atoms with Crippen LogP contribution in [-0.2, 0) is 0 Å². The fraction of sp³-hybridized carbons (Fsp3) is 0.455. The van der Waals surface area contributed by atoms with Crippen LogP contribution in [0.5, 0.6) is 11.5 Å². The van der Waals surface area contributed by atoms with Crippen molar-refractivity contribution in [3.05, 3.63) is 46.5 Å². The highest BCUT2D eigenvalue weighted by molar-refractivity contribution is 5.78. The number of phenolic OH excluding ortho intramolecular Hbond substituents is 2. The van der Waals surface area contributed by atoms with Crippen LogP contribution in [0.15, 0.2) is 24.3 Å². The van der Waals surface area contributed by atoms with Crippen LogP contribution in [0.4, 0.5) is 0 Å². The van der Waals surface area contributed by atoms with Crippen LogP contribution in [-0.4, -0.2) is 10.2 Å². The SMILES string of the molecule is C.C.C.C.C.C.Cc1cc(C)c(O)c(-c2cc(C)cc(C)c2O)c1. The predicted octanol–water partition coefficient (Wildman–Crippen LogP) is 7.82. The number of phenols is 2. The van der Waals surface area contributed by atoms with Gasteiger partial charge in [0.05, 0.1) is 0 Å². The number of hydrogen-bond acceptors (Lipinski definition) is 2. The topological polar surface area (TPSA) is 40.5 Å². The summed E-state index contributed by atoms with van der Waals surface area (Å²) < 4.78 is 0. The summed E-state index contributed by atoms with van der Waals surface area (Å²) in [5.41, 5.74) is 5.17. The number of aromatic hydroxyl groups is 2. The van der Waals surface area contributed by atoms with E-state index >= 15 is 0 Å². The van der Waals surface area contributed by atoms with Crippen LogP contribution in [0.25, 0.3) is 11.1 Å². The van der Waals surface area contributed by atoms with E-state index in [0.29, 0.717) is 11.1 Å². The third-order valence-electron chi connectivity index (χ3n) is 3.18. The van der Waals surface area contributed by atoms with Crippen molar-refractivity contribution in [1.82, 2.24) is 0 Å². The molecule has 0 unspecified atom stereocenters. The molecule has 2 nitrogen and oxygen atoms in total. The lowest BCUT2D eigenvalue weighted by Gasteiger charge is -2.13. The molecular formula is C22H42O2. The average Bonchev–Trinajstić information content (AvgIpc) is 2.28. The van der Waals surface area contributed by atoms with Crippen molar-refractivity contribution >= 4 is 0 Å². The Morgan fingerprint density at radius 2 is 0.750 bits per heavy atom. The van der Waals surface area contributed by atoms with Gasteiger partial charge in [0, 0.05) is 11.1 Å². The summed E-state index contributed by atoms with van der Waals surface area (Å²) in [6, 6.07) is 7.66. The first-order valence-electron chi connectivity index (χ1n) is 6.01. The van der Waals surface area contributed by atoms with Crippen molar-refractivity contribution in [1.29, 1.82) is 0 Å². The van der Waals surface area contributed by atoms with E-state index in [1.54, 1.807) is 0 Å². The van der Waals surface area contributed by atoms with Gasteiger partial charge in [0.25, 0.3) is 0 Å². The molecule has 0 amide bonds. The highest BCUT2D eigenvalue weighted by atomic mass is 16.3. The second kappa shape index (κ2) is 12.5. The molecule has 0 aliphatic rings. The molecule has 0 fully saturated rings. The van der Waals surface area contributed by atoms with Crippen LogP contribution in [0.1, 0.15) is 66.8 Å². The van der Waals surface area contributed by atoms with E-state index in [9.17, 15) is 10.2 Å². The normalized spacial score (nSPS) is 8.00. The molecule has 0 radical (unpaired) electrons. The van der Waals surface area contributed by atoms with Gasteiger partial charge in [-0.25, -0.2) is 0 Å². The van der Waals surface area contributed by atoms with Gasteiger partial charge in [-0.1, -0.05) is 56.7 Å². The zero-order chi connectivity index (χ0) is 13.4. The van der Waals surface area contributed by atoms with Gasteiger partial charge in [0.1, 0.15) is 11.5 Å². The summed E-state index contributed by atoms with van der Waals surface area (Å²) in [6.45, 7) is 7.70. The molecular weight excluding hydrogens is 296 g/mol. The first-order chi connectivity index (χ1) is 8.40. The molecule has 0 aliphatic heterocycles. The molecule has 2 aromatic carbocycles. The van der Waals surface area contributed by atoms with E-state index < -0.39 is 0 Å². The van der Waals surface area contributed by atoms with Gasteiger partial charge in [0.2, 0.25) is 0 Å². The maximum Gasteiger partial charge on any atom is 0.126 e. The van der Waals surface area contributed by atoms with Gasteiger partial charge < -0.3 is 10.2 Å². The Kier molecular flexibility index (Phi) is 17.4. The minimum absolute atomic E-state index is 0. The smallest absolute Gasteiger partial charge is 0.126 e. The van der Waals surface area contributed by atoms with Crippen molar-refractivity contribution in [3.8, 4) is 22.6 Å². The Labute approximate surface area is 152 Å². The van der Waals surface area contributed by atoms with Crippen LogP contribution < -0.4 is 0 Å². The van der Waals surface area contributed by atoms with Crippen molar-refractivity contribution in [2.75, 3.05) is 0 Å². The van der Waals surface area contributed by atoms with Crippen LogP contribution in [0, 0.1) is 27.7 Å². The van der Waals surface area contributed by atoms with Crippen LogP contribution >= 0.6 is 0 Å². The lowest BCUT2D eigenvalue weighted by Crippen LogP contribution is -1.89. The summed E-state index contributed by atoms with van der Waals surface area (Å²) in [5.74, 6) is 0.474. The van der Waals surface area contributed by atoms with E-state index in [1.165, 1.54) is 0 Å². The Morgan fingerprint density at radius 1 is 0.500 bits per heavy atom. The second-order valence-corrected chi connectivity index (χ2v) is 4.96. The molecule has 0 aliphatic carbocycles. The number of benzene rings is 2. The molecule has 0 heterocycles. The summed E-state index contributed by atoms with van der Waals surface area (Å²) in [5, 5.41) is 20.3. The number of hydrogen-bond donors (Lipinski definition) is 2. The Bertz CT molecular complexity index is 558. The van der Waals surface area contributed by atoms with Gasteiger partial charge in [0.15, 0.2) is 0 Å². The standard InChI is InChI=1S/C16H18O2.6CH4/c1-9-5-11(3)15(17)13(7-9)14-8-10(2)6-12(4)16(14)18;;;;;;/h5-8,17-18H,1-4H3;6*1H4. The zero-order valence-corrected chi connectivity index (χ0v) is 11.2. The summed E-state index contributed by atoms with van der Waals surface area (Å²) in [6.07, 6.45) is 0. The minimum Gasteiger partial charge on any atom is -0.507 e. The van der Waals surface area contributed by atoms with Gasteiger partial charge >= 0.3 is 0 Å². The lowest BCUT2D eigenvalue weighted by atomic mass is 9.95. The molecule has 2 heteroatoms. The number of aryl methyl sites for hydroxylation is 4. The van der Waals surface area contributed by atoms with Crippen molar-refractivity contribution in [2.45, 2.75) is 72.3 Å². The van der Waals surface area contributed by atoms with Crippen LogP contribution in [0.2, 0.25) is 0 Å². The fourth-order valence-electron chi connectivity index (χ4n) is 2.33. The van der Waals surface area contributed by atoms with Crippen molar-refractivity contribution in [3.63, 3.8) is 0 Å². The third kappa shape index (κ3) is 6.27. The van der Waals surface area contributed by atoms with Gasteiger partial charge in [-0.15, -0.1) is 0 Å². The monoisotopic (exact) mass is 338 g/mol. The van der Waals surface area contributed by atoms with E-state index in [2.05, 4.69) is 0 Å². The van der Waals surface area contributed by atoms with Crippen molar-refractivity contribution in [2.24, 2.45) is 0 Å². The summed E-state index contributed by atoms with van der Waals surface area (Å²) in [4.78, 5) is 0. The molecule has 0 saturated carbocycles. The first-order valence-corrected chi connectivity index (χ1v) is 6.01. The highest BCUT2D eigenvalue weighted by Gasteiger charge is 2.13. The largest absolute Gasteiger partial charge is 0.507 e. The molecule has 24 heavy (non-hydrogen) atoms. The Balaban J connectivity index is -0.000000201. The predicted molar refractivity (Wildman–Crippen MR) is 115 cm³/mol. The van der Waals surface area contributed by atoms with Gasteiger partial charge in [-0.2, -0.15) is 0 Å². The maximum atomic E-state index is 10.2. The first kappa shape index (κ1) is 33.6. The highest BCUT2D eigenvalue weighted by Crippen LogP contribution is 2.39. The molecule has 142 valence electrons. The molecule has 2 aromatic rings. The quantitative estimate of drug-likeness (QED) is 0.556. The Morgan fingerprint density at radius 3 is 1.00 bits per heavy atom. The molecule has 2 rings (SSSR count). The van der Waals surface area contributed by atoms with Gasteiger partial charge in [-0.05, 0) is 62.1 Å². The number of rotatable bonds is 1. The van der Waals surface area contributed by atoms with E-state index in [0.717, 1.165) is 22.3 Å². The lowest BCUT2D eigenvalue weighted by molar-refractivity contribution is 0.465. The third-order valence-corrected chi connectivity index (χ3v) is 3.18. The Hall–Kier alpha value is -1.96. The molecule has 0 atom stereocenters. The zero-order valence-electron chi connectivity index (χ0n) is 11.2. The second-order valence-electron chi connectivity index (χ2n) is 4.96. The van der Waals surface area contributed by atoms with E-state index in [1.807, 2.05) is 52.0 Å². The van der Waals surface area contributed by atoms with Crippen molar-refractivity contribution < 1.29 is 10.2 Å². The average molecular weight is 339 g/mol. The summed E-state index contributed by atoms with van der Waals surface area (Å²) >= 11 is 0. The van der Waals surface area contributed by atoms with Gasteiger partial charge in [-0.3, -0.25) is 0 Å².